The van der Waals surface area contributed by atoms with E-state index in [0.29, 0.717) is 6.54 Å². The summed E-state index contributed by atoms with van der Waals surface area (Å²) in [6, 6.07) is 7.26. The molecule has 0 aliphatic heterocycles. The van der Waals surface area contributed by atoms with Crippen molar-refractivity contribution in [2.24, 2.45) is 5.41 Å². The SMILES string of the molecule is Cc1ccccc1NC(=O)C(C)N(C)CC(C)(CO)CO. The lowest BCUT2D eigenvalue weighted by atomic mass is 9.92. The molecule has 1 aromatic carbocycles. The van der Waals surface area contributed by atoms with E-state index in [2.05, 4.69) is 5.32 Å². The number of benzene rings is 1. The molecule has 1 rings (SSSR count). The Balaban J connectivity index is 2.68. The number of hydrogen-bond acceptors (Lipinski definition) is 4. The quantitative estimate of drug-likeness (QED) is 0.707. The van der Waals surface area contributed by atoms with Crippen LogP contribution in [0.3, 0.4) is 0 Å². The van der Waals surface area contributed by atoms with E-state index in [9.17, 15) is 15.0 Å². The lowest BCUT2D eigenvalue weighted by molar-refractivity contribution is -0.121. The number of rotatable bonds is 7. The summed E-state index contributed by atoms with van der Waals surface area (Å²) in [6.07, 6.45) is 0. The molecule has 1 atom stereocenters. The fourth-order valence-electron chi connectivity index (χ4n) is 2.04. The Bertz CT molecular complexity index is 472. The van der Waals surface area contributed by atoms with E-state index in [1.807, 2.05) is 50.1 Å². The van der Waals surface area contributed by atoms with Gasteiger partial charge in [0, 0.05) is 17.6 Å². The molecule has 1 aromatic rings. The van der Waals surface area contributed by atoms with Gasteiger partial charge < -0.3 is 15.5 Å². The van der Waals surface area contributed by atoms with Gasteiger partial charge in [0.05, 0.1) is 19.3 Å². The summed E-state index contributed by atoms with van der Waals surface area (Å²) in [7, 11) is 1.81. The lowest BCUT2D eigenvalue weighted by Crippen LogP contribution is -2.46. The van der Waals surface area contributed by atoms with Gasteiger partial charge >= 0.3 is 0 Å². The molecule has 5 nitrogen and oxygen atoms in total. The van der Waals surface area contributed by atoms with Crippen LogP contribution in [0.5, 0.6) is 0 Å². The van der Waals surface area contributed by atoms with Crippen LogP contribution in [0.15, 0.2) is 24.3 Å². The third-order valence-electron chi connectivity index (χ3n) is 3.84. The molecule has 1 amide bonds. The van der Waals surface area contributed by atoms with Crippen molar-refractivity contribution in [2.75, 3.05) is 32.1 Å². The van der Waals surface area contributed by atoms with Gasteiger partial charge in [0.15, 0.2) is 0 Å². The number of aryl methyl sites for hydroxylation is 1. The second kappa shape index (κ2) is 7.54. The van der Waals surface area contributed by atoms with Crippen LogP contribution in [0.1, 0.15) is 19.4 Å². The molecule has 0 fully saturated rings. The van der Waals surface area contributed by atoms with Crippen LogP contribution in [0.4, 0.5) is 5.69 Å². The number of anilines is 1. The van der Waals surface area contributed by atoms with E-state index in [4.69, 9.17) is 0 Å². The summed E-state index contributed by atoms with van der Waals surface area (Å²) in [4.78, 5) is 14.1. The predicted molar refractivity (Wildman–Crippen MR) is 84.2 cm³/mol. The third-order valence-corrected chi connectivity index (χ3v) is 3.84. The van der Waals surface area contributed by atoms with Crippen molar-refractivity contribution in [2.45, 2.75) is 26.8 Å². The molecule has 0 heterocycles. The van der Waals surface area contributed by atoms with Crippen molar-refractivity contribution in [1.82, 2.24) is 4.90 Å². The molecule has 0 aliphatic rings. The molecule has 0 saturated heterocycles. The standard InChI is InChI=1S/C16H26N2O3/c1-12-7-5-6-8-14(12)17-15(21)13(2)18(4)9-16(3,10-19)11-20/h5-8,13,19-20H,9-11H2,1-4H3,(H,17,21). The minimum Gasteiger partial charge on any atom is -0.396 e. The molecule has 0 bridgehead atoms. The zero-order valence-corrected chi connectivity index (χ0v) is 13.3. The summed E-state index contributed by atoms with van der Waals surface area (Å²) < 4.78 is 0. The van der Waals surface area contributed by atoms with E-state index in [1.165, 1.54) is 0 Å². The van der Waals surface area contributed by atoms with E-state index >= 15 is 0 Å². The first-order valence-electron chi connectivity index (χ1n) is 7.11. The van der Waals surface area contributed by atoms with E-state index < -0.39 is 5.41 Å². The average molecular weight is 294 g/mol. The van der Waals surface area contributed by atoms with Crippen LogP contribution in [0.2, 0.25) is 0 Å². The average Bonchev–Trinajstić information content (AvgIpc) is 2.48. The molecule has 118 valence electrons. The highest BCUT2D eigenvalue weighted by Gasteiger charge is 2.28. The first-order chi connectivity index (χ1) is 9.83. The summed E-state index contributed by atoms with van der Waals surface area (Å²) in [5, 5.41) is 21.6. The first kappa shape index (κ1) is 17.6. The number of aliphatic hydroxyl groups excluding tert-OH is 2. The number of nitrogens with zero attached hydrogens (tertiary/aromatic N) is 1. The summed E-state index contributed by atoms with van der Waals surface area (Å²) in [6.45, 7) is 5.72. The third kappa shape index (κ3) is 4.81. The number of likely N-dealkylation sites (N-methyl/N-ethyl adjacent to an activating group) is 1. The van der Waals surface area contributed by atoms with Crippen molar-refractivity contribution in [3.63, 3.8) is 0 Å². The highest BCUT2D eigenvalue weighted by molar-refractivity contribution is 5.95. The fourth-order valence-corrected chi connectivity index (χ4v) is 2.04. The van der Waals surface area contributed by atoms with Gasteiger partial charge in [-0.2, -0.15) is 0 Å². The van der Waals surface area contributed by atoms with Gasteiger partial charge in [-0.05, 0) is 32.5 Å². The zero-order chi connectivity index (χ0) is 16.0. The number of amides is 1. The van der Waals surface area contributed by atoms with E-state index in [-0.39, 0.29) is 25.2 Å². The van der Waals surface area contributed by atoms with Gasteiger partial charge in [-0.15, -0.1) is 0 Å². The smallest absolute Gasteiger partial charge is 0.241 e. The fraction of sp³-hybridized carbons (Fsp3) is 0.562. The number of nitrogens with one attached hydrogen (secondary N) is 1. The van der Waals surface area contributed by atoms with Gasteiger partial charge in [0.1, 0.15) is 0 Å². The second-order valence-electron chi connectivity index (χ2n) is 6.02. The number of aliphatic hydroxyl groups is 2. The molecule has 3 N–H and O–H groups in total. The van der Waals surface area contributed by atoms with Crippen LogP contribution in [-0.4, -0.2) is 53.9 Å². The van der Waals surface area contributed by atoms with Crippen LogP contribution in [0.25, 0.3) is 0 Å². The summed E-state index contributed by atoms with van der Waals surface area (Å²) in [5.41, 5.74) is 1.19. The van der Waals surface area contributed by atoms with Gasteiger partial charge in [-0.1, -0.05) is 25.1 Å². The number of carbonyl (C=O) groups excluding carboxylic acids is 1. The molecule has 0 saturated carbocycles. The Morgan fingerprint density at radius 2 is 1.90 bits per heavy atom. The van der Waals surface area contributed by atoms with Gasteiger partial charge in [-0.3, -0.25) is 9.69 Å². The van der Waals surface area contributed by atoms with Crippen molar-refractivity contribution < 1.29 is 15.0 Å². The molecule has 0 radical (unpaired) electrons. The number of para-hydroxylation sites is 1. The van der Waals surface area contributed by atoms with Gasteiger partial charge in [-0.25, -0.2) is 0 Å². The largest absolute Gasteiger partial charge is 0.396 e. The normalized spacial score (nSPS) is 13.3. The molecule has 0 aliphatic carbocycles. The summed E-state index contributed by atoms with van der Waals surface area (Å²) in [5.74, 6) is -0.106. The van der Waals surface area contributed by atoms with Gasteiger partial charge in [0.25, 0.3) is 0 Å². The topological polar surface area (TPSA) is 72.8 Å². The lowest BCUT2D eigenvalue weighted by Gasteiger charge is -2.33. The number of carbonyl (C=O) groups is 1. The maximum Gasteiger partial charge on any atom is 0.241 e. The van der Waals surface area contributed by atoms with Crippen molar-refractivity contribution in [1.29, 1.82) is 0 Å². The maximum atomic E-state index is 12.3. The Labute approximate surface area is 126 Å². The molecule has 21 heavy (non-hydrogen) atoms. The molecule has 1 unspecified atom stereocenters. The Morgan fingerprint density at radius 1 is 1.33 bits per heavy atom. The minimum atomic E-state index is -0.619. The van der Waals surface area contributed by atoms with E-state index in [0.717, 1.165) is 11.3 Å². The Morgan fingerprint density at radius 3 is 2.43 bits per heavy atom. The second-order valence-corrected chi connectivity index (χ2v) is 6.02. The Kier molecular flexibility index (Phi) is 6.33. The van der Waals surface area contributed by atoms with E-state index in [1.54, 1.807) is 6.92 Å². The minimum absolute atomic E-state index is 0.106. The summed E-state index contributed by atoms with van der Waals surface area (Å²) >= 11 is 0. The Hall–Kier alpha value is -1.43. The molecular weight excluding hydrogens is 268 g/mol. The highest BCUT2D eigenvalue weighted by atomic mass is 16.3. The molecule has 5 heteroatoms. The van der Waals surface area contributed by atoms with Crippen molar-refractivity contribution >= 4 is 11.6 Å². The van der Waals surface area contributed by atoms with Crippen LogP contribution in [-0.2, 0) is 4.79 Å². The molecular formula is C16H26N2O3. The van der Waals surface area contributed by atoms with Gasteiger partial charge in [0.2, 0.25) is 5.91 Å². The number of hydrogen-bond donors (Lipinski definition) is 3. The highest BCUT2D eigenvalue weighted by Crippen LogP contribution is 2.18. The van der Waals surface area contributed by atoms with Crippen LogP contribution < -0.4 is 5.32 Å². The predicted octanol–water partition coefficient (Wildman–Crippen LogP) is 1.24. The zero-order valence-electron chi connectivity index (χ0n) is 13.3. The monoisotopic (exact) mass is 294 g/mol. The van der Waals surface area contributed by atoms with Crippen LogP contribution in [0, 0.1) is 12.3 Å². The molecule has 0 spiro atoms. The maximum absolute atomic E-state index is 12.3. The van der Waals surface area contributed by atoms with Crippen molar-refractivity contribution in [3.8, 4) is 0 Å². The first-order valence-corrected chi connectivity index (χ1v) is 7.11. The van der Waals surface area contributed by atoms with Crippen molar-refractivity contribution in [3.05, 3.63) is 29.8 Å². The molecule has 0 aromatic heterocycles. The van der Waals surface area contributed by atoms with Crippen LogP contribution >= 0.6 is 0 Å².